The Balaban J connectivity index is 1.72. The van der Waals surface area contributed by atoms with Crippen molar-refractivity contribution in [1.29, 1.82) is 5.26 Å². The van der Waals surface area contributed by atoms with Crippen LogP contribution in [0, 0.1) is 11.3 Å². The quantitative estimate of drug-likeness (QED) is 0.414. The largest absolute Gasteiger partial charge is 0.457 e. The Labute approximate surface area is 171 Å². The number of rotatable bonds is 3. The van der Waals surface area contributed by atoms with E-state index in [1.54, 1.807) is 42.7 Å². The minimum Gasteiger partial charge on any atom is -0.457 e. The maximum atomic E-state index is 11.7. The van der Waals surface area contributed by atoms with Crippen molar-refractivity contribution >= 4 is 17.0 Å². The molecule has 0 radical (unpaired) electrons. The van der Waals surface area contributed by atoms with E-state index in [0.29, 0.717) is 41.1 Å². The van der Waals surface area contributed by atoms with Gasteiger partial charge in [-0.3, -0.25) is 9.78 Å². The van der Waals surface area contributed by atoms with Crippen LogP contribution < -0.4 is 0 Å². The second-order valence-corrected chi connectivity index (χ2v) is 6.95. The summed E-state index contributed by atoms with van der Waals surface area (Å²) in [6.45, 7) is 0. The second-order valence-electron chi connectivity index (χ2n) is 6.95. The summed E-state index contributed by atoms with van der Waals surface area (Å²) < 4.78 is 6.51. The zero-order valence-electron chi connectivity index (χ0n) is 15.7. The van der Waals surface area contributed by atoms with Crippen LogP contribution in [0.1, 0.15) is 30.2 Å². The fraction of sp³-hybridized carbons (Fsp3) is 0.136. The number of hydrogen-bond acceptors (Lipinski definition) is 7. The summed E-state index contributed by atoms with van der Waals surface area (Å²) in [4.78, 5) is 24.7. The van der Waals surface area contributed by atoms with Gasteiger partial charge in [0.25, 0.3) is 0 Å². The van der Waals surface area contributed by atoms with Gasteiger partial charge in [-0.25, -0.2) is 9.97 Å². The highest BCUT2D eigenvalue weighted by atomic mass is 16.5. The molecule has 8 heteroatoms. The van der Waals surface area contributed by atoms with Gasteiger partial charge in [0.15, 0.2) is 5.82 Å². The zero-order valence-corrected chi connectivity index (χ0v) is 15.7. The van der Waals surface area contributed by atoms with Gasteiger partial charge >= 0.3 is 5.97 Å². The number of cyclic esters (lactones) is 1. The Morgan fingerprint density at radius 2 is 2.10 bits per heavy atom. The van der Waals surface area contributed by atoms with Crippen molar-refractivity contribution in [3.05, 3.63) is 66.1 Å². The third-order valence-corrected chi connectivity index (χ3v) is 5.12. The predicted octanol–water partition coefficient (Wildman–Crippen LogP) is 3.65. The molecule has 0 spiro atoms. The smallest absolute Gasteiger partial charge is 0.306 e. The molecule has 0 amide bonds. The molecular formula is C22H15N5O3. The van der Waals surface area contributed by atoms with Crippen molar-refractivity contribution in [3.8, 4) is 28.7 Å². The van der Waals surface area contributed by atoms with Crippen molar-refractivity contribution in [3.63, 3.8) is 0 Å². The molecule has 146 valence electrons. The van der Waals surface area contributed by atoms with Gasteiger partial charge in [-0.05, 0) is 48.4 Å². The molecule has 1 fully saturated rings. The summed E-state index contributed by atoms with van der Waals surface area (Å²) in [7, 11) is 0. The molecule has 1 unspecified atom stereocenters. The van der Waals surface area contributed by atoms with E-state index in [4.69, 9.17) is 10.00 Å². The molecular weight excluding hydrogens is 382 g/mol. The molecule has 1 aliphatic rings. The first-order valence-corrected chi connectivity index (χ1v) is 9.37. The van der Waals surface area contributed by atoms with Gasteiger partial charge in [-0.15, -0.1) is 0 Å². The molecule has 3 aromatic heterocycles. The van der Waals surface area contributed by atoms with Crippen LogP contribution in [0.4, 0.5) is 0 Å². The van der Waals surface area contributed by atoms with Crippen LogP contribution in [0.15, 0.2) is 54.9 Å². The minimum atomic E-state index is -0.408. The first-order chi connectivity index (χ1) is 14.6. The van der Waals surface area contributed by atoms with Crippen LogP contribution >= 0.6 is 0 Å². The molecule has 0 aliphatic carbocycles. The fourth-order valence-electron chi connectivity index (χ4n) is 3.67. The molecule has 0 saturated carbocycles. The number of fused-ring (bicyclic) bond motifs is 1. The third kappa shape index (κ3) is 2.93. The van der Waals surface area contributed by atoms with Crippen molar-refractivity contribution in [2.45, 2.75) is 18.9 Å². The number of aromatic nitrogens is 4. The van der Waals surface area contributed by atoms with E-state index in [2.05, 4.69) is 15.0 Å². The molecule has 1 saturated heterocycles. The van der Waals surface area contributed by atoms with Gasteiger partial charge in [0.1, 0.15) is 29.1 Å². The lowest BCUT2D eigenvalue weighted by atomic mass is 9.95. The lowest BCUT2D eigenvalue weighted by Crippen LogP contribution is -2.02. The van der Waals surface area contributed by atoms with E-state index in [1.165, 1.54) is 0 Å². The van der Waals surface area contributed by atoms with E-state index in [-0.39, 0.29) is 5.97 Å². The Morgan fingerprint density at radius 1 is 1.20 bits per heavy atom. The highest BCUT2D eigenvalue weighted by Crippen LogP contribution is 2.39. The van der Waals surface area contributed by atoms with E-state index >= 15 is 0 Å². The molecule has 4 aromatic rings. The van der Waals surface area contributed by atoms with Gasteiger partial charge in [0.05, 0.1) is 5.52 Å². The number of pyridine rings is 2. The van der Waals surface area contributed by atoms with Crippen LogP contribution in [0.25, 0.3) is 33.7 Å². The Kier molecular flexibility index (Phi) is 4.14. The number of imidazole rings is 1. The first-order valence-electron chi connectivity index (χ1n) is 9.37. The minimum absolute atomic E-state index is 0.245. The van der Waals surface area contributed by atoms with Crippen molar-refractivity contribution < 1.29 is 14.7 Å². The van der Waals surface area contributed by atoms with Gasteiger partial charge in [0, 0.05) is 29.9 Å². The van der Waals surface area contributed by atoms with Gasteiger partial charge in [-0.2, -0.15) is 9.99 Å². The molecule has 5 rings (SSSR count). The summed E-state index contributed by atoms with van der Waals surface area (Å²) in [6, 6.07) is 14.4. The molecule has 30 heavy (non-hydrogen) atoms. The summed E-state index contributed by atoms with van der Waals surface area (Å²) in [5.74, 6) is 0.0703. The van der Waals surface area contributed by atoms with Crippen molar-refractivity contribution in [2.24, 2.45) is 0 Å². The number of nitrogens with zero attached hydrogens (tertiary/aromatic N) is 5. The maximum absolute atomic E-state index is 11.7. The number of hydrogen-bond donors (Lipinski definition) is 1. The van der Waals surface area contributed by atoms with Gasteiger partial charge in [-0.1, -0.05) is 6.07 Å². The van der Waals surface area contributed by atoms with Crippen LogP contribution in [-0.4, -0.2) is 30.9 Å². The highest BCUT2D eigenvalue weighted by Gasteiger charge is 2.29. The topological polar surface area (TPSA) is 114 Å². The van der Waals surface area contributed by atoms with Gasteiger partial charge in [0.2, 0.25) is 0 Å². The lowest BCUT2D eigenvalue weighted by molar-refractivity contribution is -0.141. The number of esters is 1. The summed E-state index contributed by atoms with van der Waals surface area (Å²) in [5.41, 5.74) is 4.16. The average Bonchev–Trinajstić information content (AvgIpc) is 3.36. The molecule has 0 bridgehead atoms. The zero-order chi connectivity index (χ0) is 20.7. The molecule has 1 aromatic carbocycles. The monoisotopic (exact) mass is 397 g/mol. The molecule has 4 heterocycles. The Bertz CT molecular complexity index is 1310. The Morgan fingerprint density at radius 3 is 2.77 bits per heavy atom. The number of ether oxygens (including phenoxy) is 1. The first kappa shape index (κ1) is 17.8. The normalized spacial score (nSPS) is 15.8. The van der Waals surface area contributed by atoms with Crippen LogP contribution in [-0.2, 0) is 9.53 Å². The van der Waals surface area contributed by atoms with Crippen molar-refractivity contribution in [1.82, 2.24) is 19.7 Å². The van der Waals surface area contributed by atoms with Crippen molar-refractivity contribution in [2.75, 3.05) is 0 Å². The number of nitriles is 1. The summed E-state index contributed by atoms with van der Waals surface area (Å²) >= 11 is 0. The highest BCUT2D eigenvalue weighted by molar-refractivity contribution is 5.87. The number of carbonyl (C=O) groups excluding carboxylic acids is 1. The van der Waals surface area contributed by atoms with E-state index in [9.17, 15) is 10.0 Å². The van der Waals surface area contributed by atoms with E-state index < -0.39 is 6.10 Å². The number of carbonyl (C=O) groups is 1. The van der Waals surface area contributed by atoms with Gasteiger partial charge < -0.3 is 9.94 Å². The van der Waals surface area contributed by atoms with Crippen LogP contribution in [0.2, 0.25) is 0 Å². The lowest BCUT2D eigenvalue weighted by Gasteiger charge is -2.15. The SMILES string of the molecule is N#Cc1ccc(-c2cc3c(cc2C2CCC(=O)O2)nc(-c2ccccn2)n3O)cn1. The Hall–Kier alpha value is -4.25. The number of benzene rings is 1. The summed E-state index contributed by atoms with van der Waals surface area (Å²) in [6.07, 6.45) is 3.73. The summed E-state index contributed by atoms with van der Waals surface area (Å²) in [5, 5.41) is 19.8. The molecule has 8 nitrogen and oxygen atoms in total. The molecule has 1 atom stereocenters. The van der Waals surface area contributed by atoms with Crippen LogP contribution in [0.3, 0.4) is 0 Å². The average molecular weight is 397 g/mol. The molecule has 1 N–H and O–H groups in total. The third-order valence-electron chi connectivity index (χ3n) is 5.12. The predicted molar refractivity (Wildman–Crippen MR) is 106 cm³/mol. The maximum Gasteiger partial charge on any atom is 0.306 e. The molecule has 1 aliphatic heterocycles. The van der Waals surface area contributed by atoms with E-state index in [1.807, 2.05) is 18.2 Å². The van der Waals surface area contributed by atoms with Crippen LogP contribution in [0.5, 0.6) is 0 Å². The standard InChI is InChI=1S/C22H15N5O3/c23-11-14-5-4-13(12-25-14)15-10-19-18(9-16(15)20-6-7-21(28)30-20)26-22(27(19)29)17-3-1-2-8-24-17/h1-5,8-10,12,20,29H,6-7H2. The fourth-order valence-corrected chi connectivity index (χ4v) is 3.67. The second kappa shape index (κ2) is 6.97. The van der Waals surface area contributed by atoms with E-state index in [0.717, 1.165) is 21.4 Å².